The molecule has 1 aromatic rings. The van der Waals surface area contributed by atoms with E-state index in [0.717, 1.165) is 25.8 Å². The third-order valence-corrected chi connectivity index (χ3v) is 3.77. The van der Waals surface area contributed by atoms with E-state index in [0.29, 0.717) is 12.3 Å². The molecule has 0 saturated heterocycles. The lowest BCUT2D eigenvalue weighted by molar-refractivity contribution is 0.282. The summed E-state index contributed by atoms with van der Waals surface area (Å²) in [5, 5.41) is 11.7. The van der Waals surface area contributed by atoms with Gasteiger partial charge in [0.1, 0.15) is 5.76 Å². The summed E-state index contributed by atoms with van der Waals surface area (Å²) in [6.45, 7) is 1.54. The lowest BCUT2D eigenvalue weighted by Gasteiger charge is -2.02. The molecule has 0 fully saturated rings. The summed E-state index contributed by atoms with van der Waals surface area (Å²) in [5.74, 6) is 0.589. The molecule has 1 aromatic heterocycles. The zero-order valence-electron chi connectivity index (χ0n) is 10.5. The third kappa shape index (κ3) is 4.77. The van der Waals surface area contributed by atoms with Crippen molar-refractivity contribution in [3.05, 3.63) is 17.9 Å². The zero-order chi connectivity index (χ0) is 13.4. The Morgan fingerprint density at radius 2 is 2.06 bits per heavy atom. The van der Waals surface area contributed by atoms with Crippen LogP contribution in [0.15, 0.2) is 21.6 Å². The quantitative estimate of drug-likeness (QED) is 0.569. The molecule has 1 heterocycles. The molecule has 0 aliphatic heterocycles. The standard InChI is InChI=1S/C11H20N2O4S/c1-12-18(15,16)11-6-5-10(17-11)9-13-7-3-2-4-8-14/h5-6,12-14H,2-4,7-9H2,1H3. The minimum absolute atomic E-state index is 0.0675. The second-order valence-electron chi connectivity index (χ2n) is 3.89. The summed E-state index contributed by atoms with van der Waals surface area (Å²) < 4.78 is 30.2. The number of nitrogens with one attached hydrogen (secondary N) is 2. The monoisotopic (exact) mass is 276 g/mol. The van der Waals surface area contributed by atoms with Crippen LogP contribution in [-0.2, 0) is 16.6 Å². The maximum absolute atomic E-state index is 11.4. The molecule has 3 N–H and O–H groups in total. The van der Waals surface area contributed by atoms with Crippen molar-refractivity contribution in [3.8, 4) is 0 Å². The van der Waals surface area contributed by atoms with Crippen LogP contribution in [-0.4, -0.2) is 33.7 Å². The molecule has 1 rings (SSSR count). The number of unbranched alkanes of at least 4 members (excludes halogenated alkanes) is 2. The fourth-order valence-corrected chi connectivity index (χ4v) is 2.11. The highest BCUT2D eigenvalue weighted by Gasteiger charge is 2.15. The summed E-state index contributed by atoms with van der Waals surface area (Å²) >= 11 is 0. The van der Waals surface area contributed by atoms with Crippen LogP contribution in [0.25, 0.3) is 0 Å². The van der Waals surface area contributed by atoms with Gasteiger partial charge in [-0.1, -0.05) is 0 Å². The van der Waals surface area contributed by atoms with Crippen LogP contribution in [0, 0.1) is 0 Å². The maximum atomic E-state index is 11.4. The van der Waals surface area contributed by atoms with Gasteiger partial charge in [-0.05, 0) is 45.0 Å². The Labute approximate surface area is 107 Å². The van der Waals surface area contributed by atoms with Gasteiger partial charge in [-0.25, -0.2) is 13.1 Å². The van der Waals surface area contributed by atoms with Crippen LogP contribution in [0.2, 0.25) is 0 Å². The number of furan rings is 1. The Morgan fingerprint density at radius 3 is 2.72 bits per heavy atom. The Kier molecular flexibility index (Phi) is 6.34. The lowest BCUT2D eigenvalue weighted by Crippen LogP contribution is -2.18. The fourth-order valence-electron chi connectivity index (χ4n) is 1.45. The van der Waals surface area contributed by atoms with Gasteiger partial charge >= 0.3 is 0 Å². The highest BCUT2D eigenvalue weighted by molar-refractivity contribution is 7.89. The van der Waals surface area contributed by atoms with Crippen LogP contribution in [0.4, 0.5) is 0 Å². The molecular formula is C11H20N2O4S. The van der Waals surface area contributed by atoms with Gasteiger partial charge in [0, 0.05) is 6.61 Å². The van der Waals surface area contributed by atoms with Crippen molar-refractivity contribution >= 4 is 10.0 Å². The van der Waals surface area contributed by atoms with Crippen LogP contribution in [0.1, 0.15) is 25.0 Å². The number of rotatable bonds is 9. The van der Waals surface area contributed by atoms with E-state index in [1.165, 1.54) is 13.1 Å². The Balaban J connectivity index is 2.32. The van der Waals surface area contributed by atoms with Gasteiger partial charge < -0.3 is 14.8 Å². The van der Waals surface area contributed by atoms with Gasteiger partial charge in [-0.3, -0.25) is 0 Å². The first-order valence-electron chi connectivity index (χ1n) is 5.94. The molecule has 0 unspecified atom stereocenters. The second kappa shape index (κ2) is 7.52. The summed E-state index contributed by atoms with van der Waals surface area (Å²) in [4.78, 5) is 0. The molecule has 0 amide bonds. The van der Waals surface area contributed by atoms with Gasteiger partial charge in [0.2, 0.25) is 5.09 Å². The highest BCUT2D eigenvalue weighted by Crippen LogP contribution is 2.13. The van der Waals surface area contributed by atoms with Crippen LogP contribution >= 0.6 is 0 Å². The molecule has 0 bridgehead atoms. The van der Waals surface area contributed by atoms with Gasteiger partial charge in [0.25, 0.3) is 10.0 Å². The Hall–Kier alpha value is -0.890. The lowest BCUT2D eigenvalue weighted by atomic mass is 10.2. The summed E-state index contributed by atoms with van der Waals surface area (Å²) in [6, 6.07) is 3.08. The van der Waals surface area contributed by atoms with Crippen molar-refractivity contribution in [2.75, 3.05) is 20.2 Å². The first kappa shape index (κ1) is 15.2. The number of sulfonamides is 1. The molecule has 0 spiro atoms. The van der Waals surface area contributed by atoms with Gasteiger partial charge in [-0.2, -0.15) is 0 Å². The maximum Gasteiger partial charge on any atom is 0.273 e. The predicted molar refractivity (Wildman–Crippen MR) is 67.6 cm³/mol. The first-order valence-corrected chi connectivity index (χ1v) is 7.42. The molecule has 0 saturated carbocycles. The predicted octanol–water partition coefficient (Wildman–Crippen LogP) is 0.440. The molecule has 104 valence electrons. The smallest absolute Gasteiger partial charge is 0.273 e. The largest absolute Gasteiger partial charge is 0.447 e. The second-order valence-corrected chi connectivity index (χ2v) is 5.71. The molecule has 0 aliphatic rings. The summed E-state index contributed by atoms with van der Waals surface area (Å²) in [5.41, 5.74) is 0. The number of hydrogen-bond acceptors (Lipinski definition) is 5. The van der Waals surface area contributed by atoms with Gasteiger partial charge in [-0.15, -0.1) is 0 Å². The fraction of sp³-hybridized carbons (Fsp3) is 0.636. The first-order chi connectivity index (χ1) is 8.60. The molecular weight excluding hydrogens is 256 g/mol. The van der Waals surface area contributed by atoms with E-state index >= 15 is 0 Å². The Bertz CT molecular complexity index is 442. The van der Waals surface area contributed by atoms with Gasteiger partial charge in [0.15, 0.2) is 0 Å². The van der Waals surface area contributed by atoms with E-state index in [1.54, 1.807) is 6.07 Å². The van der Waals surface area contributed by atoms with Crippen molar-refractivity contribution in [3.63, 3.8) is 0 Å². The molecule has 0 atom stereocenters. The van der Waals surface area contributed by atoms with E-state index in [9.17, 15) is 8.42 Å². The van der Waals surface area contributed by atoms with Crippen molar-refractivity contribution < 1.29 is 17.9 Å². The van der Waals surface area contributed by atoms with Crippen LogP contribution in [0.3, 0.4) is 0 Å². The van der Waals surface area contributed by atoms with E-state index in [1.807, 2.05) is 0 Å². The van der Waals surface area contributed by atoms with E-state index in [4.69, 9.17) is 9.52 Å². The Morgan fingerprint density at radius 1 is 1.28 bits per heavy atom. The normalized spacial score (nSPS) is 11.9. The highest BCUT2D eigenvalue weighted by atomic mass is 32.2. The minimum atomic E-state index is -3.49. The average molecular weight is 276 g/mol. The van der Waals surface area contributed by atoms with Crippen molar-refractivity contribution in [1.29, 1.82) is 0 Å². The molecule has 0 aromatic carbocycles. The topological polar surface area (TPSA) is 91.6 Å². The third-order valence-electron chi connectivity index (χ3n) is 2.48. The van der Waals surface area contributed by atoms with Crippen molar-refractivity contribution in [2.45, 2.75) is 30.9 Å². The SMILES string of the molecule is CNS(=O)(=O)c1ccc(CNCCCCCO)o1. The average Bonchev–Trinajstić information content (AvgIpc) is 2.83. The summed E-state index contributed by atoms with van der Waals surface area (Å²) in [7, 11) is -2.15. The van der Waals surface area contributed by atoms with E-state index < -0.39 is 10.0 Å². The molecule has 18 heavy (non-hydrogen) atoms. The van der Waals surface area contributed by atoms with E-state index in [2.05, 4.69) is 10.0 Å². The molecule has 7 heteroatoms. The van der Waals surface area contributed by atoms with Crippen LogP contribution < -0.4 is 10.0 Å². The molecule has 0 aliphatic carbocycles. The van der Waals surface area contributed by atoms with Gasteiger partial charge in [0.05, 0.1) is 6.54 Å². The van der Waals surface area contributed by atoms with Crippen LogP contribution in [0.5, 0.6) is 0 Å². The van der Waals surface area contributed by atoms with Crippen molar-refractivity contribution in [2.24, 2.45) is 0 Å². The van der Waals surface area contributed by atoms with E-state index in [-0.39, 0.29) is 11.7 Å². The zero-order valence-corrected chi connectivity index (χ0v) is 11.3. The molecule has 0 radical (unpaired) electrons. The number of aliphatic hydroxyl groups is 1. The number of aliphatic hydroxyl groups excluding tert-OH is 1. The van der Waals surface area contributed by atoms with Crippen molar-refractivity contribution in [1.82, 2.24) is 10.0 Å². The number of hydrogen-bond donors (Lipinski definition) is 3. The molecule has 6 nitrogen and oxygen atoms in total. The minimum Gasteiger partial charge on any atom is -0.447 e. The summed E-state index contributed by atoms with van der Waals surface area (Å²) in [6.07, 6.45) is 2.76.